The summed E-state index contributed by atoms with van der Waals surface area (Å²) in [5.74, 6) is 0.186. The maximum absolute atomic E-state index is 12.5. The molecule has 1 aromatic rings. The minimum Gasteiger partial charge on any atom is -0.353 e. The van der Waals surface area contributed by atoms with Crippen LogP contribution in [0.25, 0.3) is 0 Å². The third-order valence-corrected chi connectivity index (χ3v) is 6.25. The van der Waals surface area contributed by atoms with Gasteiger partial charge in [0.1, 0.15) is 0 Å². The monoisotopic (exact) mass is 398 g/mol. The van der Waals surface area contributed by atoms with Gasteiger partial charge in [-0.2, -0.15) is 0 Å². The summed E-state index contributed by atoms with van der Waals surface area (Å²) >= 11 is 0. The van der Waals surface area contributed by atoms with Gasteiger partial charge in [-0.05, 0) is 36.8 Å². The van der Waals surface area contributed by atoms with Crippen molar-refractivity contribution >= 4 is 17.7 Å². The second-order valence-corrected chi connectivity index (χ2v) is 8.44. The normalized spacial score (nSPS) is 21.1. The Morgan fingerprint density at radius 2 is 1.90 bits per heavy atom. The number of nitrogens with one attached hydrogen (secondary N) is 1. The number of rotatable bonds is 7. The molecule has 29 heavy (non-hydrogen) atoms. The summed E-state index contributed by atoms with van der Waals surface area (Å²) in [4.78, 5) is 42.7. The predicted molar refractivity (Wildman–Crippen MR) is 109 cm³/mol. The minimum absolute atomic E-state index is 0.0291. The zero-order valence-corrected chi connectivity index (χ0v) is 17.1. The van der Waals surface area contributed by atoms with Gasteiger partial charge in [0.2, 0.25) is 17.7 Å². The topological polar surface area (TPSA) is 73.0 Å². The highest BCUT2D eigenvalue weighted by molar-refractivity contribution is 5.86. The molecule has 2 fully saturated rings. The molecule has 2 heterocycles. The van der Waals surface area contributed by atoms with Crippen LogP contribution in [0, 0.1) is 5.92 Å². The van der Waals surface area contributed by atoms with Crippen LogP contribution in [0.1, 0.15) is 36.4 Å². The Labute approximate surface area is 172 Å². The SMILES string of the molecule is CN(CC(=O)NCC1c2ccccc2CCN1CC(=O)N1CCC1)C(=O)C1CC1. The highest BCUT2D eigenvalue weighted by atomic mass is 16.2. The predicted octanol–water partition coefficient (Wildman–Crippen LogP) is 0.803. The molecular formula is C22H30N4O3. The van der Waals surface area contributed by atoms with Gasteiger partial charge in [0.25, 0.3) is 0 Å². The van der Waals surface area contributed by atoms with Crippen LogP contribution in [0.5, 0.6) is 0 Å². The molecule has 3 aliphatic rings. The Bertz CT molecular complexity index is 788. The number of benzene rings is 1. The van der Waals surface area contributed by atoms with Gasteiger partial charge in [-0.25, -0.2) is 0 Å². The first kappa shape index (κ1) is 19.9. The van der Waals surface area contributed by atoms with Crippen LogP contribution >= 0.6 is 0 Å². The van der Waals surface area contributed by atoms with E-state index in [1.54, 1.807) is 7.05 Å². The number of carbonyl (C=O) groups is 3. The number of likely N-dealkylation sites (N-methyl/N-ethyl adjacent to an activating group) is 1. The molecule has 7 nitrogen and oxygen atoms in total. The van der Waals surface area contributed by atoms with Crippen molar-refractivity contribution in [2.75, 3.05) is 46.3 Å². The van der Waals surface area contributed by atoms with E-state index in [-0.39, 0.29) is 36.2 Å². The highest BCUT2D eigenvalue weighted by Crippen LogP contribution is 2.31. The standard InChI is InChI=1S/C22H30N4O3/c1-24(22(29)17-7-8-17)14-20(27)23-13-19-18-6-3-2-5-16(18)9-12-26(19)15-21(28)25-10-4-11-25/h2-3,5-6,17,19H,4,7-15H2,1H3,(H,23,27). The van der Waals surface area contributed by atoms with Gasteiger partial charge in [0, 0.05) is 39.1 Å². The van der Waals surface area contributed by atoms with Crippen LogP contribution in [-0.2, 0) is 20.8 Å². The molecule has 156 valence electrons. The van der Waals surface area contributed by atoms with Gasteiger partial charge in [-0.15, -0.1) is 0 Å². The Hall–Kier alpha value is -2.41. The van der Waals surface area contributed by atoms with Crippen molar-refractivity contribution in [2.45, 2.75) is 31.7 Å². The van der Waals surface area contributed by atoms with Gasteiger partial charge in [-0.3, -0.25) is 19.3 Å². The molecule has 0 radical (unpaired) electrons. The number of hydrogen-bond acceptors (Lipinski definition) is 4. The van der Waals surface area contributed by atoms with E-state index in [0.29, 0.717) is 13.1 Å². The fourth-order valence-corrected chi connectivity index (χ4v) is 4.17. The van der Waals surface area contributed by atoms with E-state index >= 15 is 0 Å². The summed E-state index contributed by atoms with van der Waals surface area (Å²) in [5.41, 5.74) is 2.46. The average molecular weight is 399 g/mol. The third kappa shape index (κ3) is 4.61. The van der Waals surface area contributed by atoms with Crippen LogP contribution in [0.4, 0.5) is 0 Å². The van der Waals surface area contributed by atoms with Crippen LogP contribution in [-0.4, -0.2) is 78.7 Å². The quantitative estimate of drug-likeness (QED) is 0.738. The molecule has 7 heteroatoms. The molecule has 0 bridgehead atoms. The largest absolute Gasteiger partial charge is 0.353 e. The van der Waals surface area contributed by atoms with E-state index in [1.807, 2.05) is 17.0 Å². The van der Waals surface area contributed by atoms with Crippen LogP contribution in [0.3, 0.4) is 0 Å². The van der Waals surface area contributed by atoms with Gasteiger partial charge in [-0.1, -0.05) is 24.3 Å². The number of hydrogen-bond donors (Lipinski definition) is 1. The van der Waals surface area contributed by atoms with E-state index < -0.39 is 0 Å². The summed E-state index contributed by atoms with van der Waals surface area (Å²) in [6, 6.07) is 8.24. The van der Waals surface area contributed by atoms with E-state index in [4.69, 9.17) is 0 Å². The first-order chi connectivity index (χ1) is 14.0. The van der Waals surface area contributed by atoms with Gasteiger partial charge < -0.3 is 15.1 Å². The Kier molecular flexibility index (Phi) is 5.85. The fraction of sp³-hybridized carbons (Fsp3) is 0.591. The molecule has 2 aliphatic heterocycles. The molecule has 1 N–H and O–H groups in total. The summed E-state index contributed by atoms with van der Waals surface area (Å²) in [7, 11) is 1.69. The molecule has 1 atom stereocenters. The molecule has 0 aromatic heterocycles. The lowest BCUT2D eigenvalue weighted by Gasteiger charge is -2.39. The van der Waals surface area contributed by atoms with E-state index in [9.17, 15) is 14.4 Å². The highest BCUT2D eigenvalue weighted by Gasteiger charge is 2.33. The lowest BCUT2D eigenvalue weighted by Crippen LogP contribution is -2.51. The van der Waals surface area contributed by atoms with Gasteiger partial charge in [0.05, 0.1) is 19.1 Å². The maximum Gasteiger partial charge on any atom is 0.239 e. The van der Waals surface area contributed by atoms with Crippen LogP contribution < -0.4 is 5.32 Å². The number of likely N-dealkylation sites (tertiary alicyclic amines) is 1. The molecule has 0 spiro atoms. The Balaban J connectivity index is 1.39. The van der Waals surface area contributed by atoms with Crippen molar-refractivity contribution in [1.82, 2.24) is 20.0 Å². The van der Waals surface area contributed by atoms with Crippen molar-refractivity contribution < 1.29 is 14.4 Å². The molecule has 1 aromatic carbocycles. The zero-order valence-electron chi connectivity index (χ0n) is 17.1. The number of amides is 3. The summed E-state index contributed by atoms with van der Waals surface area (Å²) in [5, 5.41) is 3.00. The fourth-order valence-electron chi connectivity index (χ4n) is 4.17. The summed E-state index contributed by atoms with van der Waals surface area (Å²) in [6.45, 7) is 3.41. The first-order valence-electron chi connectivity index (χ1n) is 10.6. The molecule has 1 unspecified atom stereocenters. The average Bonchev–Trinajstić information content (AvgIpc) is 3.50. The number of nitrogens with zero attached hydrogens (tertiary/aromatic N) is 3. The maximum atomic E-state index is 12.5. The van der Waals surface area contributed by atoms with E-state index in [0.717, 1.165) is 45.3 Å². The first-order valence-corrected chi connectivity index (χ1v) is 10.6. The molecule has 1 aliphatic carbocycles. The van der Waals surface area contributed by atoms with Crippen LogP contribution in [0.2, 0.25) is 0 Å². The molecular weight excluding hydrogens is 368 g/mol. The second kappa shape index (κ2) is 8.53. The Morgan fingerprint density at radius 1 is 1.14 bits per heavy atom. The van der Waals surface area contributed by atoms with E-state index in [2.05, 4.69) is 22.3 Å². The summed E-state index contributed by atoms with van der Waals surface area (Å²) < 4.78 is 0. The van der Waals surface area contributed by atoms with Crippen molar-refractivity contribution in [3.8, 4) is 0 Å². The number of carbonyl (C=O) groups excluding carboxylic acids is 3. The summed E-state index contributed by atoms with van der Waals surface area (Å²) in [6.07, 6.45) is 3.86. The van der Waals surface area contributed by atoms with Crippen molar-refractivity contribution in [1.29, 1.82) is 0 Å². The molecule has 4 rings (SSSR count). The number of fused-ring (bicyclic) bond motifs is 1. The van der Waals surface area contributed by atoms with Crippen LogP contribution in [0.15, 0.2) is 24.3 Å². The molecule has 1 saturated carbocycles. The van der Waals surface area contributed by atoms with E-state index in [1.165, 1.54) is 16.0 Å². The second-order valence-electron chi connectivity index (χ2n) is 8.44. The van der Waals surface area contributed by atoms with Gasteiger partial charge in [0.15, 0.2) is 0 Å². The Morgan fingerprint density at radius 3 is 2.59 bits per heavy atom. The smallest absolute Gasteiger partial charge is 0.239 e. The van der Waals surface area contributed by atoms with Crippen molar-refractivity contribution in [3.05, 3.63) is 35.4 Å². The third-order valence-electron chi connectivity index (χ3n) is 6.25. The lowest BCUT2D eigenvalue weighted by atomic mass is 9.92. The van der Waals surface area contributed by atoms with Crippen molar-refractivity contribution in [2.24, 2.45) is 5.92 Å². The molecule has 3 amide bonds. The minimum atomic E-state index is -0.154. The van der Waals surface area contributed by atoms with Crippen molar-refractivity contribution in [3.63, 3.8) is 0 Å². The molecule has 1 saturated heterocycles. The van der Waals surface area contributed by atoms with Gasteiger partial charge >= 0.3 is 0 Å². The lowest BCUT2D eigenvalue weighted by molar-refractivity contribution is -0.137. The zero-order chi connectivity index (χ0) is 20.4.